The van der Waals surface area contributed by atoms with Crippen LogP contribution in [0.15, 0.2) is 45.5 Å². The maximum Gasteiger partial charge on any atom is 0.345 e. The first-order chi connectivity index (χ1) is 13.3. The first kappa shape index (κ1) is 21.2. The smallest absolute Gasteiger partial charge is 0.345 e. The summed E-state index contributed by atoms with van der Waals surface area (Å²) in [5, 5.41) is 11.3. The molecule has 1 aromatic heterocycles. The number of ether oxygens (including phenoxy) is 2. The molecule has 1 aliphatic rings. The molecule has 0 spiro atoms. The Balaban J connectivity index is 1.86. The van der Waals surface area contributed by atoms with Crippen LogP contribution < -0.4 is 0 Å². The van der Waals surface area contributed by atoms with E-state index in [0.717, 1.165) is 5.56 Å². The first-order valence-electron chi connectivity index (χ1n) is 8.82. The van der Waals surface area contributed by atoms with Crippen LogP contribution in [0.25, 0.3) is 0 Å². The lowest BCUT2D eigenvalue weighted by atomic mass is 9.80. The topological polar surface area (TPSA) is 77.8 Å². The van der Waals surface area contributed by atoms with Crippen molar-refractivity contribution in [2.45, 2.75) is 31.6 Å². The molecule has 8 heteroatoms. The Morgan fingerprint density at radius 1 is 1.25 bits per heavy atom. The number of esters is 1. The summed E-state index contributed by atoms with van der Waals surface area (Å²) in [6.45, 7) is 2.19. The van der Waals surface area contributed by atoms with E-state index in [1.165, 1.54) is 14.0 Å². The summed E-state index contributed by atoms with van der Waals surface area (Å²) in [7, 11) is 1.20. The summed E-state index contributed by atoms with van der Waals surface area (Å²) in [5.74, 6) is -2.09. The molecule has 0 saturated heterocycles. The predicted molar refractivity (Wildman–Crippen MR) is 110 cm³/mol. The monoisotopic (exact) mass is 513 g/mol. The molecule has 2 aromatic rings. The normalized spacial score (nSPS) is 23.5. The van der Waals surface area contributed by atoms with Crippen molar-refractivity contribution < 1.29 is 24.2 Å². The van der Waals surface area contributed by atoms with Crippen LogP contribution in [0.2, 0.25) is 0 Å². The molecule has 0 bridgehead atoms. The van der Waals surface area contributed by atoms with Gasteiger partial charge in [-0.25, -0.2) is 4.79 Å². The summed E-state index contributed by atoms with van der Waals surface area (Å²) in [6, 6.07) is 11.0. The number of carbonyl (C=O) groups excluding carboxylic acids is 2. The standard InChI is InChI=1S/C20H21Br2NO5/c1-12(24)17-15(8-9-28-11-13-6-4-3-5-7-13)23-16(10-14(21)18(23)22)20(17,26)19(25)27-2/h3-7,10,15,17,26H,8-9,11H2,1-2H3/t15-,17-,20+/m1/s1. The van der Waals surface area contributed by atoms with Crippen molar-refractivity contribution in [3.8, 4) is 0 Å². The largest absolute Gasteiger partial charge is 0.467 e. The number of hydrogen-bond donors (Lipinski definition) is 1. The maximum atomic E-state index is 12.5. The highest BCUT2D eigenvalue weighted by Crippen LogP contribution is 2.51. The van der Waals surface area contributed by atoms with Crippen molar-refractivity contribution in [2.75, 3.05) is 13.7 Å². The Labute approximate surface area is 180 Å². The highest BCUT2D eigenvalue weighted by Gasteiger charge is 2.60. The molecule has 6 nitrogen and oxygen atoms in total. The summed E-state index contributed by atoms with van der Waals surface area (Å²) in [5.41, 5.74) is -0.667. The zero-order valence-corrected chi connectivity index (χ0v) is 18.7. The highest BCUT2D eigenvalue weighted by molar-refractivity contribution is 9.13. The number of aromatic nitrogens is 1. The van der Waals surface area contributed by atoms with Gasteiger partial charge in [0.1, 0.15) is 5.78 Å². The number of ketones is 1. The van der Waals surface area contributed by atoms with Crippen molar-refractivity contribution in [3.63, 3.8) is 0 Å². The van der Waals surface area contributed by atoms with Gasteiger partial charge in [-0.15, -0.1) is 0 Å². The van der Waals surface area contributed by atoms with E-state index in [2.05, 4.69) is 31.9 Å². The average molecular weight is 515 g/mol. The molecule has 0 radical (unpaired) electrons. The molecule has 3 rings (SSSR count). The van der Waals surface area contributed by atoms with Gasteiger partial charge in [0, 0.05) is 6.61 Å². The minimum Gasteiger partial charge on any atom is -0.467 e. The van der Waals surface area contributed by atoms with Crippen LogP contribution in [0.5, 0.6) is 0 Å². The number of fused-ring (bicyclic) bond motifs is 1. The number of benzene rings is 1. The van der Waals surface area contributed by atoms with Crippen LogP contribution >= 0.6 is 31.9 Å². The Kier molecular flexibility index (Phi) is 6.44. The Bertz CT molecular complexity index is 882. The zero-order chi connectivity index (χ0) is 20.5. The summed E-state index contributed by atoms with van der Waals surface area (Å²) >= 11 is 6.90. The van der Waals surface area contributed by atoms with E-state index < -0.39 is 23.5 Å². The predicted octanol–water partition coefficient (Wildman–Crippen LogP) is 3.74. The van der Waals surface area contributed by atoms with Crippen LogP contribution in [0.4, 0.5) is 0 Å². The lowest BCUT2D eigenvalue weighted by molar-refractivity contribution is -0.172. The lowest BCUT2D eigenvalue weighted by Gasteiger charge is -2.28. The molecule has 150 valence electrons. The Morgan fingerprint density at radius 3 is 2.54 bits per heavy atom. The van der Waals surface area contributed by atoms with Gasteiger partial charge >= 0.3 is 5.97 Å². The molecule has 0 unspecified atom stereocenters. The van der Waals surface area contributed by atoms with E-state index in [1.54, 1.807) is 10.6 Å². The molecular formula is C20H21Br2NO5. The minimum atomic E-state index is -2.04. The van der Waals surface area contributed by atoms with E-state index >= 15 is 0 Å². The molecule has 1 aliphatic heterocycles. The van der Waals surface area contributed by atoms with Gasteiger partial charge in [0.25, 0.3) is 0 Å². The minimum absolute atomic E-state index is 0.285. The van der Waals surface area contributed by atoms with Gasteiger partial charge in [-0.3, -0.25) is 4.79 Å². The van der Waals surface area contributed by atoms with Crippen LogP contribution in [0.3, 0.4) is 0 Å². The number of aliphatic hydroxyl groups is 1. The van der Waals surface area contributed by atoms with Gasteiger partial charge in [0.2, 0.25) is 5.60 Å². The molecule has 0 fully saturated rings. The van der Waals surface area contributed by atoms with Crippen molar-refractivity contribution in [1.82, 2.24) is 4.57 Å². The number of nitrogens with zero attached hydrogens (tertiary/aromatic N) is 1. The summed E-state index contributed by atoms with van der Waals surface area (Å²) < 4.78 is 13.7. The van der Waals surface area contributed by atoms with E-state index in [9.17, 15) is 14.7 Å². The first-order valence-corrected chi connectivity index (χ1v) is 10.4. The molecule has 3 atom stereocenters. The molecule has 0 saturated carbocycles. The quantitative estimate of drug-likeness (QED) is 0.450. The SMILES string of the molecule is COC(=O)[C@]1(O)c2cc(Br)c(Br)n2[C@H](CCOCc2ccccc2)[C@H]1C(C)=O. The average Bonchev–Trinajstić information content (AvgIpc) is 3.11. The van der Waals surface area contributed by atoms with Gasteiger partial charge in [-0.2, -0.15) is 0 Å². The molecule has 1 aromatic carbocycles. The van der Waals surface area contributed by atoms with Gasteiger partial charge < -0.3 is 19.1 Å². The second-order valence-electron chi connectivity index (χ2n) is 6.78. The van der Waals surface area contributed by atoms with Crippen LogP contribution in [0, 0.1) is 5.92 Å². The van der Waals surface area contributed by atoms with Crippen molar-refractivity contribution in [1.29, 1.82) is 0 Å². The van der Waals surface area contributed by atoms with E-state index in [4.69, 9.17) is 9.47 Å². The Hall–Kier alpha value is -1.48. The van der Waals surface area contributed by atoms with Gasteiger partial charge in [0.05, 0.1) is 40.4 Å². The number of hydrogen-bond acceptors (Lipinski definition) is 5. The Morgan fingerprint density at radius 2 is 1.93 bits per heavy atom. The van der Waals surface area contributed by atoms with E-state index in [1.807, 2.05) is 30.3 Å². The fourth-order valence-corrected chi connectivity index (χ4v) is 4.87. The molecule has 2 heterocycles. The molecule has 28 heavy (non-hydrogen) atoms. The van der Waals surface area contributed by atoms with Crippen LogP contribution in [-0.4, -0.2) is 35.1 Å². The second kappa shape index (κ2) is 8.49. The second-order valence-corrected chi connectivity index (χ2v) is 8.38. The number of rotatable bonds is 7. The fraction of sp³-hybridized carbons (Fsp3) is 0.400. The zero-order valence-electron chi connectivity index (χ0n) is 15.5. The maximum absolute atomic E-state index is 12.5. The van der Waals surface area contributed by atoms with Gasteiger partial charge in [0.15, 0.2) is 0 Å². The van der Waals surface area contributed by atoms with Crippen molar-refractivity contribution in [3.05, 3.63) is 56.7 Å². The van der Waals surface area contributed by atoms with E-state index in [-0.39, 0.29) is 5.78 Å². The fourth-order valence-electron chi connectivity index (χ4n) is 3.89. The van der Waals surface area contributed by atoms with Gasteiger partial charge in [-0.1, -0.05) is 30.3 Å². The van der Waals surface area contributed by atoms with Crippen LogP contribution in [0.1, 0.15) is 30.6 Å². The summed E-state index contributed by atoms with van der Waals surface area (Å²) in [6.07, 6.45) is 0.448. The van der Waals surface area contributed by atoms with Crippen LogP contribution in [-0.2, 0) is 31.3 Å². The number of carbonyl (C=O) groups is 2. The van der Waals surface area contributed by atoms with Crippen molar-refractivity contribution in [2.24, 2.45) is 5.92 Å². The van der Waals surface area contributed by atoms with Crippen molar-refractivity contribution >= 4 is 43.6 Å². The van der Waals surface area contributed by atoms with E-state index in [0.29, 0.717) is 34.4 Å². The molecule has 0 aliphatic carbocycles. The van der Waals surface area contributed by atoms with Gasteiger partial charge in [-0.05, 0) is 56.8 Å². The molecular weight excluding hydrogens is 494 g/mol. The third-order valence-electron chi connectivity index (χ3n) is 5.09. The number of halogens is 2. The lowest BCUT2D eigenvalue weighted by Crippen LogP contribution is -2.45. The molecule has 1 N–H and O–H groups in total. The number of Topliss-reactive ketones (excluding diaryl/α,β-unsaturated/α-hetero) is 1. The summed E-state index contributed by atoms with van der Waals surface area (Å²) in [4.78, 5) is 25.0. The highest BCUT2D eigenvalue weighted by atomic mass is 79.9. The third kappa shape index (κ3) is 3.58. The molecule has 0 amide bonds. The number of methoxy groups -OCH3 is 1. The third-order valence-corrected chi connectivity index (χ3v) is 7.04.